The van der Waals surface area contributed by atoms with E-state index in [1.165, 1.54) is 6.07 Å². The molecule has 0 aromatic carbocycles. The van der Waals surface area contributed by atoms with E-state index >= 15 is 0 Å². The Bertz CT molecular complexity index is 419. The molecule has 1 aromatic rings. The molecule has 0 aliphatic carbocycles. The van der Waals surface area contributed by atoms with Gasteiger partial charge in [-0.05, 0) is 6.07 Å². The number of alkyl halides is 2. The Morgan fingerprint density at radius 1 is 1.47 bits per heavy atom. The highest BCUT2D eigenvalue weighted by atomic mass is 19.3. The Labute approximate surface area is 109 Å². The summed E-state index contributed by atoms with van der Waals surface area (Å²) in [4.78, 5) is 13.8. The van der Waals surface area contributed by atoms with Crippen LogP contribution < -0.4 is 5.32 Å². The molecule has 1 amide bonds. The van der Waals surface area contributed by atoms with E-state index in [2.05, 4.69) is 15.3 Å². The number of ether oxygens (including phenoxy) is 1. The number of nitrogens with one attached hydrogen (secondary N) is 1. The predicted molar refractivity (Wildman–Crippen MR) is 63.1 cm³/mol. The van der Waals surface area contributed by atoms with Crippen LogP contribution in [0.3, 0.4) is 0 Å². The van der Waals surface area contributed by atoms with Gasteiger partial charge in [0.15, 0.2) is 0 Å². The lowest BCUT2D eigenvalue weighted by molar-refractivity contribution is 0.0383. The lowest BCUT2D eigenvalue weighted by atomic mass is 10.4. The second-order valence-electron chi connectivity index (χ2n) is 4.17. The van der Waals surface area contributed by atoms with Crippen molar-refractivity contribution in [1.29, 1.82) is 0 Å². The van der Waals surface area contributed by atoms with Gasteiger partial charge in [-0.1, -0.05) is 0 Å². The van der Waals surface area contributed by atoms with Gasteiger partial charge in [-0.25, -0.2) is 4.68 Å². The summed E-state index contributed by atoms with van der Waals surface area (Å²) in [5.41, 5.74) is 0.00211. The Hall–Kier alpha value is -1.54. The van der Waals surface area contributed by atoms with Crippen molar-refractivity contribution in [2.24, 2.45) is 0 Å². The van der Waals surface area contributed by atoms with Crippen LogP contribution in [0.25, 0.3) is 0 Å². The third kappa shape index (κ3) is 3.97. The highest BCUT2D eigenvalue weighted by molar-refractivity contribution is 5.92. The van der Waals surface area contributed by atoms with Crippen LogP contribution in [-0.2, 0) is 4.74 Å². The third-order valence-corrected chi connectivity index (χ3v) is 2.86. The first-order valence-electron chi connectivity index (χ1n) is 6.08. The molecule has 0 saturated carbocycles. The molecule has 0 bridgehead atoms. The highest BCUT2D eigenvalue weighted by Crippen LogP contribution is 2.08. The molecule has 0 atom stereocenters. The van der Waals surface area contributed by atoms with Crippen molar-refractivity contribution >= 4 is 5.91 Å². The first-order chi connectivity index (χ1) is 9.16. The molecular formula is C11H16F2N4O2. The predicted octanol–water partition coefficient (Wildman–Crippen LogP) is 0.340. The molecule has 1 aliphatic rings. The molecule has 0 unspecified atom stereocenters. The van der Waals surface area contributed by atoms with Crippen LogP contribution >= 0.6 is 0 Å². The largest absolute Gasteiger partial charge is 0.379 e. The number of halogens is 2. The maximum absolute atomic E-state index is 12.3. The number of hydrogen-bond acceptors (Lipinski definition) is 4. The summed E-state index contributed by atoms with van der Waals surface area (Å²) in [6, 6.07) is 1.27. The second kappa shape index (κ2) is 6.58. The Morgan fingerprint density at radius 3 is 2.84 bits per heavy atom. The zero-order valence-electron chi connectivity index (χ0n) is 10.4. The zero-order chi connectivity index (χ0) is 13.7. The summed E-state index contributed by atoms with van der Waals surface area (Å²) < 4.78 is 30.2. The smallest absolute Gasteiger partial charge is 0.333 e. The topological polar surface area (TPSA) is 59.4 Å². The summed E-state index contributed by atoms with van der Waals surface area (Å²) in [6.07, 6.45) is 1.08. The first-order valence-corrected chi connectivity index (χ1v) is 6.08. The number of nitrogens with zero attached hydrogens (tertiary/aromatic N) is 3. The van der Waals surface area contributed by atoms with Crippen molar-refractivity contribution < 1.29 is 18.3 Å². The number of carbonyl (C=O) groups is 1. The van der Waals surface area contributed by atoms with E-state index in [0.29, 0.717) is 31.0 Å². The molecule has 0 radical (unpaired) electrons. The normalized spacial score (nSPS) is 16.8. The lowest BCUT2D eigenvalue weighted by Gasteiger charge is -2.26. The van der Waals surface area contributed by atoms with E-state index in [1.807, 2.05) is 0 Å². The molecule has 1 aromatic heterocycles. The number of hydrogen-bond donors (Lipinski definition) is 1. The van der Waals surface area contributed by atoms with Gasteiger partial charge in [0.1, 0.15) is 5.69 Å². The molecule has 106 valence electrons. The van der Waals surface area contributed by atoms with Gasteiger partial charge in [0, 0.05) is 32.4 Å². The van der Waals surface area contributed by atoms with E-state index in [1.54, 1.807) is 0 Å². The van der Waals surface area contributed by atoms with Crippen LogP contribution in [0.2, 0.25) is 0 Å². The minimum atomic E-state index is -2.73. The standard InChI is InChI=1S/C11H16F2N4O2/c12-11(13)17-3-1-9(15-17)10(18)14-2-4-16-5-7-19-8-6-16/h1,3,11H,2,4-8H2,(H,14,18). The van der Waals surface area contributed by atoms with Gasteiger partial charge >= 0.3 is 6.55 Å². The van der Waals surface area contributed by atoms with E-state index in [-0.39, 0.29) is 5.69 Å². The van der Waals surface area contributed by atoms with Crippen molar-refractivity contribution in [3.05, 3.63) is 18.0 Å². The molecule has 19 heavy (non-hydrogen) atoms. The molecule has 6 nitrogen and oxygen atoms in total. The third-order valence-electron chi connectivity index (χ3n) is 2.86. The Morgan fingerprint density at radius 2 is 2.21 bits per heavy atom. The molecule has 1 N–H and O–H groups in total. The van der Waals surface area contributed by atoms with Crippen molar-refractivity contribution in [3.8, 4) is 0 Å². The fourth-order valence-electron chi connectivity index (χ4n) is 1.81. The SMILES string of the molecule is O=C(NCCN1CCOCC1)c1ccn(C(F)F)n1. The number of morpholine rings is 1. The summed E-state index contributed by atoms with van der Waals surface area (Å²) in [5, 5.41) is 6.15. The fourth-order valence-corrected chi connectivity index (χ4v) is 1.81. The maximum atomic E-state index is 12.3. The van der Waals surface area contributed by atoms with Crippen LogP contribution in [0.15, 0.2) is 12.3 Å². The van der Waals surface area contributed by atoms with Gasteiger partial charge in [-0.3, -0.25) is 9.69 Å². The minimum Gasteiger partial charge on any atom is -0.379 e. The number of rotatable bonds is 5. The van der Waals surface area contributed by atoms with Crippen LogP contribution in [0.4, 0.5) is 8.78 Å². The van der Waals surface area contributed by atoms with Gasteiger partial charge in [-0.15, -0.1) is 0 Å². The van der Waals surface area contributed by atoms with Crippen LogP contribution in [0.1, 0.15) is 17.0 Å². The van der Waals surface area contributed by atoms with Gasteiger partial charge in [0.05, 0.1) is 13.2 Å². The summed E-state index contributed by atoms with van der Waals surface area (Å²) in [7, 11) is 0. The van der Waals surface area contributed by atoms with Crippen molar-refractivity contribution in [2.75, 3.05) is 39.4 Å². The highest BCUT2D eigenvalue weighted by Gasteiger charge is 2.14. The van der Waals surface area contributed by atoms with E-state index < -0.39 is 12.5 Å². The first kappa shape index (κ1) is 13.9. The van der Waals surface area contributed by atoms with Crippen molar-refractivity contribution in [2.45, 2.75) is 6.55 Å². The fraction of sp³-hybridized carbons (Fsp3) is 0.636. The van der Waals surface area contributed by atoms with Gasteiger partial charge in [0.2, 0.25) is 0 Å². The number of amides is 1. The zero-order valence-corrected chi connectivity index (χ0v) is 10.4. The summed E-state index contributed by atoms with van der Waals surface area (Å²) in [5.74, 6) is -0.437. The van der Waals surface area contributed by atoms with Crippen LogP contribution in [0.5, 0.6) is 0 Å². The quantitative estimate of drug-likeness (QED) is 0.841. The van der Waals surface area contributed by atoms with Crippen LogP contribution in [0, 0.1) is 0 Å². The summed E-state index contributed by atoms with van der Waals surface area (Å²) >= 11 is 0. The molecule has 8 heteroatoms. The molecule has 1 fully saturated rings. The van der Waals surface area contributed by atoms with Crippen molar-refractivity contribution in [1.82, 2.24) is 20.0 Å². The molecular weight excluding hydrogens is 258 g/mol. The van der Waals surface area contributed by atoms with E-state index in [4.69, 9.17) is 4.74 Å². The number of aromatic nitrogens is 2. The maximum Gasteiger partial charge on any atom is 0.333 e. The Kier molecular flexibility index (Phi) is 4.80. The average molecular weight is 274 g/mol. The second-order valence-corrected chi connectivity index (χ2v) is 4.17. The monoisotopic (exact) mass is 274 g/mol. The van der Waals surface area contributed by atoms with Crippen molar-refractivity contribution in [3.63, 3.8) is 0 Å². The molecule has 0 spiro atoms. The Balaban J connectivity index is 1.74. The number of carbonyl (C=O) groups excluding carboxylic acids is 1. The molecule has 2 heterocycles. The molecule has 1 saturated heterocycles. The summed E-state index contributed by atoms with van der Waals surface area (Å²) in [6.45, 7) is 1.53. The van der Waals surface area contributed by atoms with Gasteiger partial charge in [0.25, 0.3) is 5.91 Å². The van der Waals surface area contributed by atoms with Gasteiger partial charge in [-0.2, -0.15) is 13.9 Å². The minimum absolute atomic E-state index is 0.00211. The molecule has 1 aliphatic heterocycles. The van der Waals surface area contributed by atoms with Crippen LogP contribution in [-0.4, -0.2) is 60.0 Å². The van der Waals surface area contributed by atoms with Gasteiger partial charge < -0.3 is 10.1 Å². The van der Waals surface area contributed by atoms with E-state index in [9.17, 15) is 13.6 Å². The average Bonchev–Trinajstić information content (AvgIpc) is 2.89. The lowest BCUT2D eigenvalue weighted by Crippen LogP contribution is -2.41. The van der Waals surface area contributed by atoms with E-state index in [0.717, 1.165) is 19.3 Å². The molecule has 2 rings (SSSR count).